The fourth-order valence-electron chi connectivity index (χ4n) is 4.06. The number of ether oxygens (including phenoxy) is 2. The van der Waals surface area contributed by atoms with Gasteiger partial charge in [-0.15, -0.1) is 10.2 Å². The fraction of sp³-hybridized carbons (Fsp3) is 0.214. The maximum atomic E-state index is 13.6. The second-order valence-electron chi connectivity index (χ2n) is 8.45. The van der Waals surface area contributed by atoms with Crippen LogP contribution in [-0.2, 0) is 11.2 Å². The van der Waals surface area contributed by atoms with Crippen LogP contribution in [0, 0.1) is 5.82 Å². The van der Waals surface area contributed by atoms with E-state index in [0.717, 1.165) is 28.2 Å². The van der Waals surface area contributed by atoms with Crippen molar-refractivity contribution in [2.75, 3.05) is 13.7 Å². The van der Waals surface area contributed by atoms with Gasteiger partial charge in [0.05, 0.1) is 18.9 Å². The van der Waals surface area contributed by atoms with Crippen molar-refractivity contribution in [3.05, 3.63) is 95.6 Å². The largest absolute Gasteiger partial charge is 0.497 e. The topological polar surface area (TPSA) is 90.1 Å². The number of rotatable bonds is 8. The summed E-state index contributed by atoms with van der Waals surface area (Å²) in [4.78, 5) is 13.2. The Morgan fingerprint density at radius 3 is 2.30 bits per heavy atom. The first-order chi connectivity index (χ1) is 18.0. The molecule has 188 valence electrons. The normalized spacial score (nSPS) is 14.9. The van der Waals surface area contributed by atoms with Crippen LogP contribution in [0.2, 0.25) is 0 Å². The molecule has 4 aromatic rings. The zero-order chi connectivity index (χ0) is 25.8. The summed E-state index contributed by atoms with van der Waals surface area (Å²) in [6, 6.07) is 20.3. The Labute approximate surface area is 213 Å². The van der Waals surface area contributed by atoms with E-state index in [4.69, 9.17) is 13.9 Å². The summed E-state index contributed by atoms with van der Waals surface area (Å²) >= 11 is 0. The highest BCUT2D eigenvalue weighted by Gasteiger charge is 2.33. The molecular weight excluding hydrogens is 475 g/mol. The van der Waals surface area contributed by atoms with Crippen LogP contribution in [0.3, 0.4) is 0 Å². The molecule has 5 rings (SSSR count). The number of nitrogens with zero attached hydrogens (tertiary/aromatic N) is 4. The molecule has 1 aliphatic rings. The van der Waals surface area contributed by atoms with E-state index in [1.807, 2.05) is 31.2 Å². The SMILES string of the molecule is CCc1nnc(-c2ccc(OCC(=O)N3N=C(c4ccc(OC)cc4)CC3c3ccc(F)cc3)cc2)o1. The van der Waals surface area contributed by atoms with Crippen LogP contribution in [0.1, 0.15) is 36.4 Å². The number of benzene rings is 3. The van der Waals surface area contributed by atoms with Crippen molar-refractivity contribution in [1.29, 1.82) is 0 Å². The molecule has 2 heterocycles. The predicted octanol–water partition coefficient (Wildman–Crippen LogP) is 5.20. The van der Waals surface area contributed by atoms with E-state index in [0.29, 0.717) is 30.4 Å². The van der Waals surface area contributed by atoms with Crippen molar-refractivity contribution < 1.29 is 23.1 Å². The highest BCUT2D eigenvalue weighted by atomic mass is 19.1. The molecule has 0 spiro atoms. The molecule has 1 aromatic heterocycles. The highest BCUT2D eigenvalue weighted by molar-refractivity contribution is 6.03. The minimum atomic E-state index is -0.374. The lowest BCUT2D eigenvalue weighted by atomic mass is 9.98. The molecule has 0 bridgehead atoms. The maximum Gasteiger partial charge on any atom is 0.281 e. The standard InChI is InChI=1S/C28H25FN4O4/c1-3-26-30-31-28(37-26)20-8-14-23(15-9-20)36-17-27(34)33-25(19-4-10-21(29)11-5-19)16-24(32-33)18-6-12-22(35-2)13-7-18/h4-15,25H,3,16-17H2,1-2H3. The first kappa shape index (κ1) is 24.2. The van der Waals surface area contributed by atoms with E-state index >= 15 is 0 Å². The average molecular weight is 501 g/mol. The van der Waals surface area contributed by atoms with Crippen molar-refractivity contribution in [3.63, 3.8) is 0 Å². The number of methoxy groups -OCH3 is 1. The Kier molecular flexibility index (Phi) is 6.93. The molecule has 0 aliphatic carbocycles. The first-order valence-corrected chi connectivity index (χ1v) is 11.9. The Balaban J connectivity index is 1.31. The molecule has 1 atom stereocenters. The van der Waals surface area contributed by atoms with E-state index in [9.17, 15) is 9.18 Å². The minimum absolute atomic E-state index is 0.211. The van der Waals surface area contributed by atoms with E-state index in [-0.39, 0.29) is 24.4 Å². The van der Waals surface area contributed by atoms with E-state index in [1.165, 1.54) is 17.1 Å². The molecule has 37 heavy (non-hydrogen) atoms. The summed E-state index contributed by atoms with van der Waals surface area (Å²) < 4.78 is 30.1. The van der Waals surface area contributed by atoms with Crippen molar-refractivity contribution in [2.45, 2.75) is 25.8 Å². The van der Waals surface area contributed by atoms with Gasteiger partial charge in [0.1, 0.15) is 17.3 Å². The molecular formula is C28H25FN4O4. The second kappa shape index (κ2) is 10.6. The van der Waals surface area contributed by atoms with Gasteiger partial charge in [-0.25, -0.2) is 9.40 Å². The first-order valence-electron chi connectivity index (χ1n) is 11.9. The van der Waals surface area contributed by atoms with Crippen LogP contribution in [0.5, 0.6) is 11.5 Å². The summed E-state index contributed by atoms with van der Waals surface area (Å²) in [5.74, 6) is 1.59. The third-order valence-electron chi connectivity index (χ3n) is 6.08. The highest BCUT2D eigenvalue weighted by Crippen LogP contribution is 2.33. The molecule has 8 nitrogen and oxygen atoms in total. The van der Waals surface area contributed by atoms with Gasteiger partial charge >= 0.3 is 0 Å². The number of hydrogen-bond donors (Lipinski definition) is 0. The smallest absolute Gasteiger partial charge is 0.281 e. The summed E-state index contributed by atoms with van der Waals surface area (Å²) in [6.45, 7) is 1.73. The molecule has 9 heteroatoms. The lowest BCUT2D eigenvalue weighted by molar-refractivity contribution is -0.135. The quantitative estimate of drug-likeness (QED) is 0.330. The van der Waals surface area contributed by atoms with Crippen molar-refractivity contribution in [3.8, 4) is 23.0 Å². The van der Waals surface area contributed by atoms with Crippen LogP contribution in [-0.4, -0.2) is 40.5 Å². The predicted molar refractivity (Wildman–Crippen MR) is 135 cm³/mol. The molecule has 3 aromatic carbocycles. The maximum absolute atomic E-state index is 13.6. The minimum Gasteiger partial charge on any atom is -0.497 e. The number of halogens is 1. The molecule has 0 N–H and O–H groups in total. The summed E-state index contributed by atoms with van der Waals surface area (Å²) in [5, 5.41) is 14.1. The van der Waals surface area contributed by atoms with Crippen LogP contribution >= 0.6 is 0 Å². The Bertz CT molecular complexity index is 1400. The zero-order valence-corrected chi connectivity index (χ0v) is 20.4. The molecule has 1 aliphatic heterocycles. The third kappa shape index (κ3) is 5.35. The molecule has 0 radical (unpaired) electrons. The van der Waals surface area contributed by atoms with Crippen molar-refractivity contribution >= 4 is 11.6 Å². The van der Waals surface area contributed by atoms with Gasteiger partial charge in [0, 0.05) is 18.4 Å². The number of carbonyl (C=O) groups excluding carboxylic acids is 1. The lowest BCUT2D eigenvalue weighted by Crippen LogP contribution is -2.31. The molecule has 1 unspecified atom stereocenters. The van der Waals surface area contributed by atoms with Crippen molar-refractivity contribution in [1.82, 2.24) is 15.2 Å². The van der Waals surface area contributed by atoms with Gasteiger partial charge in [-0.2, -0.15) is 5.10 Å². The summed E-state index contributed by atoms with van der Waals surface area (Å²) in [6.07, 6.45) is 1.15. The monoisotopic (exact) mass is 500 g/mol. The number of amides is 1. The van der Waals surface area contributed by atoms with Crippen LogP contribution in [0.25, 0.3) is 11.5 Å². The lowest BCUT2D eigenvalue weighted by Gasteiger charge is -2.22. The average Bonchev–Trinajstić information content (AvgIpc) is 3.61. The van der Waals surface area contributed by atoms with Gasteiger partial charge in [0.25, 0.3) is 5.91 Å². The molecule has 0 saturated heterocycles. The molecule has 1 amide bonds. The Morgan fingerprint density at radius 1 is 0.973 bits per heavy atom. The molecule has 0 fully saturated rings. The van der Waals surface area contributed by atoms with Crippen LogP contribution in [0.4, 0.5) is 4.39 Å². The number of hydrogen-bond acceptors (Lipinski definition) is 7. The van der Waals surface area contributed by atoms with E-state index in [2.05, 4.69) is 15.3 Å². The van der Waals surface area contributed by atoms with Crippen LogP contribution < -0.4 is 9.47 Å². The van der Waals surface area contributed by atoms with Gasteiger partial charge < -0.3 is 13.9 Å². The number of hydrazone groups is 1. The van der Waals surface area contributed by atoms with Gasteiger partial charge in [-0.3, -0.25) is 4.79 Å². The summed E-state index contributed by atoms with van der Waals surface area (Å²) in [7, 11) is 1.61. The van der Waals surface area contributed by atoms with Crippen LogP contribution in [0.15, 0.2) is 82.3 Å². The van der Waals surface area contributed by atoms with Gasteiger partial charge in [0.15, 0.2) is 6.61 Å². The number of carbonyl (C=O) groups is 1. The van der Waals surface area contributed by atoms with Gasteiger partial charge in [-0.1, -0.05) is 19.1 Å². The number of aryl methyl sites for hydroxylation is 1. The zero-order valence-electron chi connectivity index (χ0n) is 20.4. The summed E-state index contributed by atoms with van der Waals surface area (Å²) in [5.41, 5.74) is 3.18. The van der Waals surface area contributed by atoms with Gasteiger partial charge in [0.2, 0.25) is 11.8 Å². The third-order valence-corrected chi connectivity index (χ3v) is 6.08. The Morgan fingerprint density at radius 2 is 1.65 bits per heavy atom. The molecule has 0 saturated carbocycles. The Hall–Kier alpha value is -4.53. The number of aromatic nitrogens is 2. The van der Waals surface area contributed by atoms with Gasteiger partial charge in [-0.05, 0) is 71.8 Å². The van der Waals surface area contributed by atoms with E-state index in [1.54, 1.807) is 43.5 Å². The van der Waals surface area contributed by atoms with Crippen molar-refractivity contribution in [2.24, 2.45) is 5.10 Å². The second-order valence-corrected chi connectivity index (χ2v) is 8.45. The fourth-order valence-corrected chi connectivity index (χ4v) is 4.06. The van der Waals surface area contributed by atoms with E-state index < -0.39 is 0 Å².